The molecule has 0 bridgehead atoms. The predicted octanol–water partition coefficient (Wildman–Crippen LogP) is 2.61. The van der Waals surface area contributed by atoms with Gasteiger partial charge in [0.1, 0.15) is 0 Å². The Balaban J connectivity index is 3.72. The van der Waals surface area contributed by atoms with Crippen molar-refractivity contribution in [2.24, 2.45) is 0 Å². The van der Waals surface area contributed by atoms with Gasteiger partial charge in [0, 0.05) is 0 Å². The number of methoxy groups -OCH3 is 1. The van der Waals surface area contributed by atoms with Gasteiger partial charge in [-0.05, 0) is 6.07 Å². The van der Waals surface area contributed by atoms with Crippen molar-refractivity contribution in [3.05, 3.63) is 31.8 Å². The van der Waals surface area contributed by atoms with Crippen LogP contribution >= 0.6 is 23.2 Å². The second-order valence-corrected chi connectivity index (χ2v) is 3.47. The van der Waals surface area contributed by atoms with Gasteiger partial charge < -0.3 is 9.84 Å². The Labute approximate surface area is 99.5 Å². The van der Waals surface area contributed by atoms with Gasteiger partial charge in [-0.2, -0.15) is 0 Å². The highest BCUT2D eigenvalue weighted by Gasteiger charge is 2.31. The Morgan fingerprint density at radius 1 is 1.50 bits per heavy atom. The molecule has 1 aromatic rings. The fourth-order valence-corrected chi connectivity index (χ4v) is 1.77. The summed E-state index contributed by atoms with van der Waals surface area (Å²) in [6, 6.07) is 1.08. The van der Waals surface area contributed by atoms with Crippen LogP contribution in [0.4, 0.5) is 5.69 Å². The molecule has 0 saturated heterocycles. The molecule has 0 aliphatic rings. The number of aromatic carboxylic acids is 1. The topological polar surface area (TPSA) is 89.7 Å². The van der Waals surface area contributed by atoms with E-state index in [1.54, 1.807) is 0 Å². The smallest absolute Gasteiger partial charge is 0.344 e. The molecule has 86 valence electrons. The number of rotatable bonds is 3. The second-order valence-electron chi connectivity index (χ2n) is 2.66. The number of nitrogens with zero attached hydrogens (tertiary/aromatic N) is 1. The van der Waals surface area contributed by atoms with E-state index in [4.69, 9.17) is 28.3 Å². The first kappa shape index (κ1) is 12.5. The first-order valence-corrected chi connectivity index (χ1v) is 4.59. The number of nitro benzene ring substituents is 1. The third-order valence-electron chi connectivity index (χ3n) is 1.76. The normalized spacial score (nSPS) is 9.94. The van der Waals surface area contributed by atoms with Crippen LogP contribution in [-0.2, 0) is 0 Å². The van der Waals surface area contributed by atoms with Crippen molar-refractivity contribution in [2.45, 2.75) is 0 Å². The van der Waals surface area contributed by atoms with Gasteiger partial charge in [-0.15, -0.1) is 0 Å². The monoisotopic (exact) mass is 265 g/mol. The lowest BCUT2D eigenvalue weighted by Crippen LogP contribution is -2.06. The third kappa shape index (κ3) is 2.02. The van der Waals surface area contributed by atoms with Crippen LogP contribution < -0.4 is 4.74 Å². The summed E-state index contributed by atoms with van der Waals surface area (Å²) in [5.74, 6) is -1.85. The first-order chi connectivity index (χ1) is 7.40. The summed E-state index contributed by atoms with van der Waals surface area (Å²) in [7, 11) is 1.15. The van der Waals surface area contributed by atoms with Crippen LogP contribution in [0.3, 0.4) is 0 Å². The largest absolute Gasteiger partial charge is 0.489 e. The Kier molecular flexibility index (Phi) is 3.56. The number of carbonyl (C=O) groups is 1. The van der Waals surface area contributed by atoms with Crippen molar-refractivity contribution in [1.82, 2.24) is 0 Å². The molecule has 0 spiro atoms. The Morgan fingerprint density at radius 3 is 2.44 bits per heavy atom. The van der Waals surface area contributed by atoms with Gasteiger partial charge in [0.05, 0.1) is 22.1 Å². The lowest BCUT2D eigenvalue weighted by molar-refractivity contribution is -0.386. The SMILES string of the molecule is COc1c(Cl)cc(Cl)c(C(=O)O)c1[N+](=O)[O-]. The lowest BCUT2D eigenvalue weighted by atomic mass is 10.1. The molecule has 16 heavy (non-hydrogen) atoms. The van der Waals surface area contributed by atoms with E-state index < -0.39 is 22.1 Å². The summed E-state index contributed by atoms with van der Waals surface area (Å²) >= 11 is 11.2. The molecule has 0 atom stereocenters. The molecule has 0 aliphatic heterocycles. The number of carboxylic acids is 1. The van der Waals surface area contributed by atoms with Crippen molar-refractivity contribution in [3.63, 3.8) is 0 Å². The van der Waals surface area contributed by atoms with E-state index in [9.17, 15) is 14.9 Å². The number of halogens is 2. The molecule has 1 N–H and O–H groups in total. The average Bonchev–Trinajstić information content (AvgIpc) is 2.15. The number of ether oxygens (including phenoxy) is 1. The van der Waals surface area contributed by atoms with Crippen molar-refractivity contribution in [2.75, 3.05) is 7.11 Å². The number of nitro groups is 1. The molecule has 0 aliphatic carbocycles. The molecule has 1 rings (SSSR count). The standard InChI is InChI=1S/C8H5Cl2NO5/c1-16-7-4(10)2-3(9)5(8(12)13)6(7)11(14)15/h2H,1H3,(H,12,13). The minimum Gasteiger partial charge on any atom is -0.489 e. The van der Waals surface area contributed by atoms with Crippen molar-refractivity contribution >= 4 is 34.9 Å². The Hall–Kier alpha value is -1.53. The molecule has 1 aromatic carbocycles. The maximum atomic E-state index is 10.8. The van der Waals surface area contributed by atoms with Gasteiger partial charge in [0.25, 0.3) is 0 Å². The van der Waals surface area contributed by atoms with Crippen molar-refractivity contribution < 1.29 is 19.6 Å². The third-order valence-corrected chi connectivity index (χ3v) is 2.34. The zero-order valence-electron chi connectivity index (χ0n) is 7.86. The lowest BCUT2D eigenvalue weighted by Gasteiger charge is -2.07. The van der Waals surface area contributed by atoms with Crippen LogP contribution in [0.5, 0.6) is 5.75 Å². The summed E-state index contributed by atoms with van der Waals surface area (Å²) in [5, 5.41) is 19.1. The zero-order valence-corrected chi connectivity index (χ0v) is 9.37. The van der Waals surface area contributed by atoms with Crippen LogP contribution in [0.25, 0.3) is 0 Å². The molecule has 0 fully saturated rings. The number of hydrogen-bond donors (Lipinski definition) is 1. The molecule has 0 heterocycles. The van der Waals surface area contributed by atoms with Crippen LogP contribution in [0.2, 0.25) is 10.0 Å². The van der Waals surface area contributed by atoms with E-state index >= 15 is 0 Å². The number of hydrogen-bond acceptors (Lipinski definition) is 4. The van der Waals surface area contributed by atoms with Crippen LogP contribution in [0.15, 0.2) is 6.07 Å². The minimum absolute atomic E-state index is 0.121. The molecule has 0 saturated carbocycles. The van der Waals surface area contributed by atoms with Gasteiger partial charge in [0.15, 0.2) is 5.56 Å². The fourth-order valence-electron chi connectivity index (χ4n) is 1.16. The van der Waals surface area contributed by atoms with Gasteiger partial charge in [-0.25, -0.2) is 4.79 Å². The van der Waals surface area contributed by atoms with Crippen LogP contribution in [0.1, 0.15) is 10.4 Å². The van der Waals surface area contributed by atoms with E-state index in [-0.39, 0.29) is 15.8 Å². The number of carboxylic acid groups (broad SMARTS) is 1. The van der Waals surface area contributed by atoms with Crippen LogP contribution in [-0.4, -0.2) is 23.1 Å². The van der Waals surface area contributed by atoms with E-state index in [1.165, 1.54) is 0 Å². The average molecular weight is 266 g/mol. The summed E-state index contributed by atoms with van der Waals surface area (Å²) in [6.45, 7) is 0. The Morgan fingerprint density at radius 2 is 2.06 bits per heavy atom. The first-order valence-electron chi connectivity index (χ1n) is 3.83. The van der Waals surface area contributed by atoms with Crippen molar-refractivity contribution in [1.29, 1.82) is 0 Å². The summed E-state index contributed by atoms with van der Waals surface area (Å²) in [4.78, 5) is 20.7. The molecular weight excluding hydrogens is 261 g/mol. The molecule has 0 unspecified atom stereocenters. The maximum Gasteiger partial charge on any atom is 0.344 e. The molecule has 0 aromatic heterocycles. The zero-order chi connectivity index (χ0) is 12.5. The second kappa shape index (κ2) is 4.54. The van der Waals surface area contributed by atoms with Gasteiger partial charge in [0.2, 0.25) is 5.75 Å². The van der Waals surface area contributed by atoms with Crippen molar-refractivity contribution in [3.8, 4) is 5.75 Å². The highest BCUT2D eigenvalue weighted by atomic mass is 35.5. The summed E-state index contributed by atoms with van der Waals surface area (Å²) < 4.78 is 4.69. The quantitative estimate of drug-likeness (QED) is 0.670. The number of benzene rings is 1. The van der Waals surface area contributed by atoms with E-state index in [0.29, 0.717) is 0 Å². The van der Waals surface area contributed by atoms with Crippen LogP contribution in [0, 0.1) is 10.1 Å². The molecule has 6 nitrogen and oxygen atoms in total. The molecule has 0 radical (unpaired) electrons. The molecular formula is C8H5Cl2NO5. The van der Waals surface area contributed by atoms with E-state index in [0.717, 1.165) is 13.2 Å². The van der Waals surface area contributed by atoms with Gasteiger partial charge in [-0.3, -0.25) is 10.1 Å². The molecule has 8 heteroatoms. The van der Waals surface area contributed by atoms with E-state index in [1.807, 2.05) is 0 Å². The van der Waals surface area contributed by atoms with Gasteiger partial charge >= 0.3 is 11.7 Å². The summed E-state index contributed by atoms with van der Waals surface area (Å²) in [6.07, 6.45) is 0. The molecule has 0 amide bonds. The predicted molar refractivity (Wildman–Crippen MR) is 56.6 cm³/mol. The highest BCUT2D eigenvalue weighted by Crippen LogP contribution is 2.41. The summed E-state index contributed by atoms with van der Waals surface area (Å²) in [5.41, 5.74) is -1.40. The van der Waals surface area contributed by atoms with E-state index in [2.05, 4.69) is 4.74 Å². The fraction of sp³-hybridized carbons (Fsp3) is 0.125. The minimum atomic E-state index is -1.52. The maximum absolute atomic E-state index is 10.8. The van der Waals surface area contributed by atoms with Gasteiger partial charge in [-0.1, -0.05) is 23.2 Å². The Bertz CT molecular complexity index is 474. The highest BCUT2D eigenvalue weighted by molar-refractivity contribution is 6.38.